The number of hydrogen-bond acceptors (Lipinski definition) is 4. The van der Waals surface area contributed by atoms with Crippen molar-refractivity contribution in [2.75, 3.05) is 52.9 Å². The van der Waals surface area contributed by atoms with Crippen molar-refractivity contribution >= 4 is 0 Å². The van der Waals surface area contributed by atoms with E-state index in [1.165, 1.54) is 58.4 Å². The SMILES string of the molecule is CN1CCN(CCNC2CCCCC2CN)CC1. The van der Waals surface area contributed by atoms with Gasteiger partial charge < -0.3 is 16.0 Å². The van der Waals surface area contributed by atoms with Gasteiger partial charge in [-0.3, -0.25) is 4.90 Å². The monoisotopic (exact) mass is 254 g/mol. The highest BCUT2D eigenvalue weighted by molar-refractivity contribution is 4.82. The van der Waals surface area contributed by atoms with Crippen LogP contribution < -0.4 is 11.1 Å². The Balaban J connectivity index is 1.62. The van der Waals surface area contributed by atoms with Gasteiger partial charge in [0.15, 0.2) is 0 Å². The number of piperazine rings is 1. The Hall–Kier alpha value is -0.160. The van der Waals surface area contributed by atoms with Crippen molar-refractivity contribution < 1.29 is 0 Å². The van der Waals surface area contributed by atoms with Crippen LogP contribution >= 0.6 is 0 Å². The number of nitrogens with zero attached hydrogens (tertiary/aromatic N) is 2. The molecule has 18 heavy (non-hydrogen) atoms. The van der Waals surface area contributed by atoms with E-state index in [0.29, 0.717) is 12.0 Å². The molecule has 2 unspecified atom stereocenters. The van der Waals surface area contributed by atoms with E-state index in [9.17, 15) is 0 Å². The number of hydrogen-bond donors (Lipinski definition) is 2. The summed E-state index contributed by atoms with van der Waals surface area (Å²) >= 11 is 0. The number of likely N-dealkylation sites (N-methyl/N-ethyl adjacent to an activating group) is 1. The van der Waals surface area contributed by atoms with Gasteiger partial charge in [0.2, 0.25) is 0 Å². The maximum Gasteiger partial charge on any atom is 0.0110 e. The van der Waals surface area contributed by atoms with Crippen molar-refractivity contribution in [3.63, 3.8) is 0 Å². The van der Waals surface area contributed by atoms with Crippen LogP contribution in [0.1, 0.15) is 25.7 Å². The zero-order valence-electron chi connectivity index (χ0n) is 11.9. The minimum Gasteiger partial charge on any atom is -0.330 e. The zero-order chi connectivity index (χ0) is 12.8. The molecular formula is C14H30N4. The Morgan fingerprint density at radius 3 is 2.56 bits per heavy atom. The quantitative estimate of drug-likeness (QED) is 0.743. The molecule has 0 aromatic rings. The van der Waals surface area contributed by atoms with Crippen molar-refractivity contribution in [3.8, 4) is 0 Å². The molecule has 4 nitrogen and oxygen atoms in total. The second-order valence-electron chi connectivity index (χ2n) is 5.99. The molecule has 0 aromatic carbocycles. The lowest BCUT2D eigenvalue weighted by atomic mass is 9.84. The third kappa shape index (κ3) is 4.19. The second-order valence-corrected chi connectivity index (χ2v) is 5.99. The molecule has 2 rings (SSSR count). The van der Waals surface area contributed by atoms with Crippen LogP contribution in [-0.2, 0) is 0 Å². The van der Waals surface area contributed by atoms with Crippen LogP contribution in [0.5, 0.6) is 0 Å². The van der Waals surface area contributed by atoms with Crippen molar-refractivity contribution in [2.24, 2.45) is 11.7 Å². The standard InChI is InChI=1S/C14H30N4/c1-17-8-10-18(11-9-17)7-6-16-14-5-3-2-4-13(14)12-15/h13-14,16H,2-12,15H2,1H3. The molecule has 0 radical (unpaired) electrons. The first-order chi connectivity index (χ1) is 8.79. The van der Waals surface area contributed by atoms with Crippen LogP contribution in [0.25, 0.3) is 0 Å². The minimum atomic E-state index is 0.677. The number of nitrogens with one attached hydrogen (secondary N) is 1. The molecule has 0 bridgehead atoms. The molecule has 0 amide bonds. The zero-order valence-corrected chi connectivity index (χ0v) is 11.9. The van der Waals surface area contributed by atoms with E-state index in [2.05, 4.69) is 22.2 Å². The van der Waals surface area contributed by atoms with Gasteiger partial charge in [-0.05, 0) is 32.4 Å². The molecule has 0 spiro atoms. The number of rotatable bonds is 5. The van der Waals surface area contributed by atoms with E-state index < -0.39 is 0 Å². The Morgan fingerprint density at radius 1 is 1.11 bits per heavy atom. The van der Waals surface area contributed by atoms with Gasteiger partial charge >= 0.3 is 0 Å². The third-order valence-corrected chi connectivity index (χ3v) is 4.64. The molecule has 1 aliphatic carbocycles. The van der Waals surface area contributed by atoms with Gasteiger partial charge in [-0.2, -0.15) is 0 Å². The predicted molar refractivity (Wildman–Crippen MR) is 76.7 cm³/mol. The average molecular weight is 254 g/mol. The molecular weight excluding hydrogens is 224 g/mol. The van der Waals surface area contributed by atoms with Crippen LogP contribution in [-0.4, -0.2) is 68.7 Å². The molecule has 1 aliphatic heterocycles. The molecule has 106 valence electrons. The summed E-state index contributed by atoms with van der Waals surface area (Å²) in [5, 5.41) is 3.75. The largest absolute Gasteiger partial charge is 0.330 e. The highest BCUT2D eigenvalue weighted by Crippen LogP contribution is 2.23. The second kappa shape index (κ2) is 7.43. The van der Waals surface area contributed by atoms with Gasteiger partial charge in [-0.15, -0.1) is 0 Å². The summed E-state index contributed by atoms with van der Waals surface area (Å²) in [6.07, 6.45) is 5.40. The van der Waals surface area contributed by atoms with Gasteiger partial charge in [-0.1, -0.05) is 12.8 Å². The lowest BCUT2D eigenvalue weighted by Crippen LogP contribution is -2.49. The molecule has 3 N–H and O–H groups in total. The van der Waals surface area contributed by atoms with E-state index in [1.807, 2.05) is 0 Å². The van der Waals surface area contributed by atoms with Gasteiger partial charge in [0, 0.05) is 45.3 Å². The first kappa shape index (κ1) is 14.3. The Bertz CT molecular complexity index is 226. The lowest BCUT2D eigenvalue weighted by Gasteiger charge is -2.34. The molecule has 2 atom stereocenters. The van der Waals surface area contributed by atoms with Gasteiger partial charge in [0.05, 0.1) is 0 Å². The number of nitrogens with two attached hydrogens (primary N) is 1. The highest BCUT2D eigenvalue weighted by atomic mass is 15.2. The molecule has 4 heteroatoms. The van der Waals surface area contributed by atoms with Gasteiger partial charge in [0.25, 0.3) is 0 Å². The first-order valence-corrected chi connectivity index (χ1v) is 7.64. The fraction of sp³-hybridized carbons (Fsp3) is 1.00. The molecule has 1 saturated heterocycles. The van der Waals surface area contributed by atoms with Crippen LogP contribution in [0.15, 0.2) is 0 Å². The van der Waals surface area contributed by atoms with Gasteiger partial charge in [0.1, 0.15) is 0 Å². The Morgan fingerprint density at radius 2 is 1.83 bits per heavy atom. The van der Waals surface area contributed by atoms with Crippen LogP contribution in [0.3, 0.4) is 0 Å². The van der Waals surface area contributed by atoms with E-state index in [-0.39, 0.29) is 0 Å². The summed E-state index contributed by atoms with van der Waals surface area (Å²) in [4.78, 5) is 4.99. The summed E-state index contributed by atoms with van der Waals surface area (Å²) in [5.74, 6) is 0.714. The topological polar surface area (TPSA) is 44.5 Å². The van der Waals surface area contributed by atoms with Crippen LogP contribution in [0, 0.1) is 5.92 Å². The van der Waals surface area contributed by atoms with Gasteiger partial charge in [-0.25, -0.2) is 0 Å². The lowest BCUT2D eigenvalue weighted by molar-refractivity contribution is 0.150. The fourth-order valence-electron chi connectivity index (χ4n) is 3.24. The Labute approximate surface area is 112 Å². The molecule has 1 saturated carbocycles. The normalized spacial score (nSPS) is 31.7. The van der Waals surface area contributed by atoms with Crippen molar-refractivity contribution in [3.05, 3.63) is 0 Å². The minimum absolute atomic E-state index is 0.677. The summed E-state index contributed by atoms with van der Waals surface area (Å²) in [7, 11) is 2.21. The smallest absolute Gasteiger partial charge is 0.0110 e. The molecule has 0 aromatic heterocycles. The van der Waals surface area contributed by atoms with Crippen molar-refractivity contribution in [2.45, 2.75) is 31.7 Å². The highest BCUT2D eigenvalue weighted by Gasteiger charge is 2.23. The van der Waals surface area contributed by atoms with E-state index in [4.69, 9.17) is 5.73 Å². The molecule has 2 fully saturated rings. The average Bonchev–Trinajstić information content (AvgIpc) is 2.41. The molecule has 1 heterocycles. The summed E-state index contributed by atoms with van der Waals surface area (Å²) in [6.45, 7) is 8.06. The van der Waals surface area contributed by atoms with E-state index in [0.717, 1.165) is 13.1 Å². The van der Waals surface area contributed by atoms with Crippen LogP contribution in [0.4, 0.5) is 0 Å². The van der Waals surface area contributed by atoms with Crippen molar-refractivity contribution in [1.29, 1.82) is 0 Å². The fourth-order valence-corrected chi connectivity index (χ4v) is 3.24. The summed E-state index contributed by atoms with van der Waals surface area (Å²) in [6, 6.07) is 0.677. The summed E-state index contributed by atoms with van der Waals surface area (Å²) < 4.78 is 0. The van der Waals surface area contributed by atoms with E-state index >= 15 is 0 Å². The predicted octanol–water partition coefficient (Wildman–Crippen LogP) is 0.341. The third-order valence-electron chi connectivity index (χ3n) is 4.64. The summed E-state index contributed by atoms with van der Waals surface area (Å²) in [5.41, 5.74) is 5.87. The maximum absolute atomic E-state index is 5.87. The maximum atomic E-state index is 5.87. The van der Waals surface area contributed by atoms with Crippen molar-refractivity contribution in [1.82, 2.24) is 15.1 Å². The van der Waals surface area contributed by atoms with E-state index in [1.54, 1.807) is 0 Å². The first-order valence-electron chi connectivity index (χ1n) is 7.64. The van der Waals surface area contributed by atoms with Crippen LogP contribution in [0.2, 0.25) is 0 Å². The molecule has 2 aliphatic rings. The Kier molecular flexibility index (Phi) is 5.89.